The van der Waals surface area contributed by atoms with Crippen molar-refractivity contribution in [1.29, 1.82) is 0 Å². The predicted molar refractivity (Wildman–Crippen MR) is 86.3 cm³/mol. The van der Waals surface area contributed by atoms with E-state index in [1.54, 1.807) is 24.3 Å². The molecule has 0 bridgehead atoms. The van der Waals surface area contributed by atoms with Gasteiger partial charge in [0.2, 0.25) is 0 Å². The van der Waals surface area contributed by atoms with Crippen LogP contribution in [-0.4, -0.2) is 22.3 Å². The van der Waals surface area contributed by atoms with Crippen LogP contribution in [0.2, 0.25) is 0 Å². The van der Waals surface area contributed by atoms with Crippen LogP contribution >= 0.6 is 27.7 Å². The van der Waals surface area contributed by atoms with Crippen molar-refractivity contribution in [2.45, 2.75) is 49.0 Å². The molecule has 0 spiro atoms. The van der Waals surface area contributed by atoms with Gasteiger partial charge in [-0.3, -0.25) is 4.79 Å². The number of carboxylic acids is 1. The third kappa shape index (κ3) is 5.15. The summed E-state index contributed by atoms with van der Waals surface area (Å²) < 4.78 is 0.895. The average Bonchev–Trinajstić information content (AvgIpc) is 2.48. The molecule has 21 heavy (non-hydrogen) atoms. The van der Waals surface area contributed by atoms with E-state index in [0.29, 0.717) is 10.8 Å². The van der Waals surface area contributed by atoms with Gasteiger partial charge in [-0.1, -0.05) is 47.3 Å². The summed E-state index contributed by atoms with van der Waals surface area (Å²) in [6.45, 7) is 0. The molecule has 114 valence electrons. The Morgan fingerprint density at radius 3 is 2.38 bits per heavy atom. The number of rotatable bonds is 6. The molecular formula is C16H18BrO3S-. The van der Waals surface area contributed by atoms with Crippen LogP contribution in [0, 0.1) is 0 Å². The molecule has 1 aromatic rings. The highest BCUT2D eigenvalue weighted by molar-refractivity contribution is 9.10. The Morgan fingerprint density at radius 1 is 1.19 bits per heavy atom. The van der Waals surface area contributed by atoms with E-state index < -0.39 is 11.2 Å². The summed E-state index contributed by atoms with van der Waals surface area (Å²) in [5, 5.41) is 10.9. The smallest absolute Gasteiger partial charge is 0.164 e. The number of Topliss-reactive ketones (excluding diaryl/α,β-unsaturated/α-hetero) is 1. The Bertz CT molecular complexity index is 495. The van der Waals surface area contributed by atoms with Crippen molar-refractivity contribution in [3.8, 4) is 0 Å². The average molecular weight is 370 g/mol. The number of benzene rings is 1. The van der Waals surface area contributed by atoms with E-state index in [9.17, 15) is 14.7 Å². The monoisotopic (exact) mass is 369 g/mol. The van der Waals surface area contributed by atoms with Crippen molar-refractivity contribution in [2.75, 3.05) is 0 Å². The number of hydrogen-bond acceptors (Lipinski definition) is 4. The Labute approximate surface area is 137 Å². The lowest BCUT2D eigenvalue weighted by atomic mass is 10.0. The Morgan fingerprint density at radius 2 is 1.81 bits per heavy atom. The van der Waals surface area contributed by atoms with Crippen LogP contribution < -0.4 is 5.11 Å². The molecule has 0 saturated heterocycles. The molecule has 0 heterocycles. The number of ketones is 1. The minimum atomic E-state index is -1.13. The number of halogens is 1. The van der Waals surface area contributed by atoms with Crippen molar-refractivity contribution < 1.29 is 14.7 Å². The predicted octanol–water partition coefficient (Wildman–Crippen LogP) is 3.21. The first kappa shape index (κ1) is 16.6. The zero-order chi connectivity index (χ0) is 15.2. The number of thioether (sulfide) groups is 1. The minimum absolute atomic E-state index is 0.00509. The molecule has 0 aliphatic heterocycles. The van der Waals surface area contributed by atoms with Gasteiger partial charge in [0.05, 0.1) is 11.2 Å². The van der Waals surface area contributed by atoms with Gasteiger partial charge in [-0.15, -0.1) is 11.8 Å². The Kier molecular flexibility index (Phi) is 6.30. The van der Waals surface area contributed by atoms with Crippen molar-refractivity contribution in [2.24, 2.45) is 0 Å². The third-order valence-electron chi connectivity index (χ3n) is 3.71. The number of carbonyl (C=O) groups excluding carboxylic acids is 2. The minimum Gasteiger partial charge on any atom is -0.549 e. The van der Waals surface area contributed by atoms with E-state index in [1.807, 2.05) is 0 Å². The maximum absolute atomic E-state index is 12.2. The summed E-state index contributed by atoms with van der Waals surface area (Å²) in [7, 11) is 0. The van der Waals surface area contributed by atoms with Gasteiger partial charge in [-0.25, -0.2) is 0 Å². The molecule has 0 N–H and O–H groups in total. The molecule has 0 unspecified atom stereocenters. The number of carboxylic acid groups (broad SMARTS) is 1. The highest BCUT2D eigenvalue weighted by atomic mass is 79.9. The summed E-state index contributed by atoms with van der Waals surface area (Å²) >= 11 is 4.72. The van der Waals surface area contributed by atoms with Crippen LogP contribution in [0.25, 0.3) is 0 Å². The van der Waals surface area contributed by atoms with Crippen LogP contribution in [0.1, 0.15) is 48.9 Å². The molecule has 1 aliphatic rings. The fourth-order valence-corrected chi connectivity index (χ4v) is 4.24. The molecule has 0 aromatic heterocycles. The highest BCUT2D eigenvalue weighted by Crippen LogP contribution is 2.32. The molecule has 1 aromatic carbocycles. The number of aliphatic carboxylic acids is 1. The lowest BCUT2D eigenvalue weighted by Gasteiger charge is -2.26. The summed E-state index contributed by atoms with van der Waals surface area (Å²) in [5.41, 5.74) is 0.550. The molecule has 0 radical (unpaired) electrons. The largest absolute Gasteiger partial charge is 0.549 e. The molecule has 3 nitrogen and oxygen atoms in total. The SMILES string of the molecule is O=C(C[C@H](SC1CCCCC1)C(=O)[O-])c1ccc(Br)cc1. The maximum atomic E-state index is 12.2. The van der Waals surface area contributed by atoms with E-state index in [2.05, 4.69) is 15.9 Å². The van der Waals surface area contributed by atoms with Crippen LogP contribution in [0.5, 0.6) is 0 Å². The van der Waals surface area contributed by atoms with Gasteiger partial charge in [0.15, 0.2) is 5.78 Å². The fraction of sp³-hybridized carbons (Fsp3) is 0.500. The van der Waals surface area contributed by atoms with Crippen LogP contribution in [0.15, 0.2) is 28.7 Å². The van der Waals surface area contributed by atoms with E-state index >= 15 is 0 Å². The number of carbonyl (C=O) groups is 2. The zero-order valence-electron chi connectivity index (χ0n) is 11.7. The fourth-order valence-electron chi connectivity index (χ4n) is 2.54. The second-order valence-corrected chi connectivity index (χ2v) is 7.76. The molecule has 1 saturated carbocycles. The second-order valence-electron chi connectivity index (χ2n) is 5.34. The summed E-state index contributed by atoms with van der Waals surface area (Å²) in [6, 6.07) is 7.00. The molecule has 2 rings (SSSR count). The summed E-state index contributed by atoms with van der Waals surface area (Å²) in [4.78, 5) is 23.5. The van der Waals surface area contributed by atoms with E-state index in [1.165, 1.54) is 18.2 Å². The normalized spacial score (nSPS) is 17.4. The summed E-state index contributed by atoms with van der Waals surface area (Å²) in [5.74, 6) is -1.27. The summed E-state index contributed by atoms with van der Waals surface area (Å²) in [6.07, 6.45) is 5.62. The molecule has 1 fully saturated rings. The zero-order valence-corrected chi connectivity index (χ0v) is 14.1. The van der Waals surface area contributed by atoms with Gasteiger partial charge in [0, 0.05) is 21.7 Å². The lowest BCUT2D eigenvalue weighted by molar-refractivity contribution is -0.304. The van der Waals surface area contributed by atoms with Gasteiger partial charge in [-0.2, -0.15) is 0 Å². The highest BCUT2D eigenvalue weighted by Gasteiger charge is 2.23. The standard InChI is InChI=1S/C16H19BrO3S/c17-12-8-6-11(7-9-12)14(18)10-15(16(19)20)21-13-4-2-1-3-5-13/h6-9,13,15H,1-5,10H2,(H,19,20)/p-1/t15-/m0/s1. The van der Waals surface area contributed by atoms with Crippen molar-refractivity contribution in [1.82, 2.24) is 0 Å². The van der Waals surface area contributed by atoms with Gasteiger partial charge < -0.3 is 9.90 Å². The van der Waals surface area contributed by atoms with Gasteiger partial charge in [-0.05, 0) is 25.0 Å². The maximum Gasteiger partial charge on any atom is 0.164 e. The second kappa shape index (κ2) is 7.99. The van der Waals surface area contributed by atoms with E-state index in [-0.39, 0.29) is 12.2 Å². The first-order valence-corrected chi connectivity index (χ1v) is 8.95. The first-order chi connectivity index (χ1) is 10.1. The topological polar surface area (TPSA) is 57.2 Å². The lowest BCUT2D eigenvalue weighted by Crippen LogP contribution is -2.36. The van der Waals surface area contributed by atoms with Crippen molar-refractivity contribution in [3.05, 3.63) is 34.3 Å². The van der Waals surface area contributed by atoms with E-state index in [0.717, 1.165) is 30.2 Å². The van der Waals surface area contributed by atoms with Crippen molar-refractivity contribution >= 4 is 39.4 Å². The van der Waals surface area contributed by atoms with Crippen molar-refractivity contribution in [3.63, 3.8) is 0 Å². The molecule has 1 atom stereocenters. The third-order valence-corrected chi connectivity index (χ3v) is 5.78. The van der Waals surface area contributed by atoms with Gasteiger partial charge in [0.25, 0.3) is 0 Å². The first-order valence-electron chi connectivity index (χ1n) is 7.21. The van der Waals surface area contributed by atoms with Crippen LogP contribution in [0.3, 0.4) is 0 Å². The van der Waals surface area contributed by atoms with Crippen LogP contribution in [0.4, 0.5) is 0 Å². The number of hydrogen-bond donors (Lipinski definition) is 0. The van der Waals surface area contributed by atoms with Gasteiger partial charge >= 0.3 is 0 Å². The molecular weight excluding hydrogens is 352 g/mol. The molecule has 0 amide bonds. The molecule has 1 aliphatic carbocycles. The Balaban J connectivity index is 1.96. The Hall–Kier alpha value is -0.810. The molecule has 5 heteroatoms. The van der Waals surface area contributed by atoms with Crippen LogP contribution in [-0.2, 0) is 4.79 Å². The van der Waals surface area contributed by atoms with Gasteiger partial charge in [0.1, 0.15) is 0 Å². The quantitative estimate of drug-likeness (QED) is 0.722. The van der Waals surface area contributed by atoms with E-state index in [4.69, 9.17) is 0 Å².